The van der Waals surface area contributed by atoms with Gasteiger partial charge in [0.25, 0.3) is 0 Å². The van der Waals surface area contributed by atoms with E-state index in [1.54, 1.807) is 19.0 Å². The van der Waals surface area contributed by atoms with Gasteiger partial charge in [0.05, 0.1) is 0 Å². The summed E-state index contributed by atoms with van der Waals surface area (Å²) in [4.78, 5) is 41.4. The van der Waals surface area contributed by atoms with Crippen LogP contribution < -0.4 is 5.32 Å². The lowest BCUT2D eigenvalue weighted by Gasteiger charge is -2.37. The number of nitrogens with one attached hydrogen (secondary N) is 1. The van der Waals surface area contributed by atoms with Crippen molar-refractivity contribution in [3.8, 4) is 11.1 Å². The maximum Gasteiger partial charge on any atom is 0.407 e. The number of benzene rings is 2. The molecule has 4 rings (SSSR count). The molecule has 0 bridgehead atoms. The molecule has 0 unspecified atom stereocenters. The van der Waals surface area contributed by atoms with Gasteiger partial charge in [-0.2, -0.15) is 0 Å². The lowest BCUT2D eigenvalue weighted by Crippen LogP contribution is -2.60. The number of amides is 2. The molecular weight excluding hydrogens is 446 g/mol. The Balaban J connectivity index is 1.46. The van der Waals surface area contributed by atoms with E-state index < -0.39 is 29.6 Å². The number of carbonyl (C=O) groups excluding carboxylic acids is 2. The average Bonchev–Trinajstić information content (AvgIpc) is 3.46. The SMILES string of the molecule is CN(C)C[C@H](NC(=O)OCC1c2ccccc2-c2ccccc21)C(=O)N(C)C1(C(=O)O)CCCC1. The van der Waals surface area contributed by atoms with E-state index in [1.165, 1.54) is 11.9 Å². The number of aliphatic carboxylic acids is 1. The zero-order chi connectivity index (χ0) is 25.2. The van der Waals surface area contributed by atoms with E-state index in [4.69, 9.17) is 4.74 Å². The number of carbonyl (C=O) groups is 3. The lowest BCUT2D eigenvalue weighted by molar-refractivity contribution is -0.158. The fourth-order valence-electron chi connectivity index (χ4n) is 5.43. The number of alkyl carbamates (subject to hydrolysis) is 1. The van der Waals surface area contributed by atoms with Gasteiger partial charge in [-0.25, -0.2) is 9.59 Å². The van der Waals surface area contributed by atoms with Gasteiger partial charge in [-0.05, 0) is 49.2 Å². The number of likely N-dealkylation sites (N-methyl/N-ethyl adjacent to an activating group) is 2. The highest BCUT2D eigenvalue weighted by Crippen LogP contribution is 2.44. The van der Waals surface area contributed by atoms with Gasteiger partial charge in [0.1, 0.15) is 18.2 Å². The summed E-state index contributed by atoms with van der Waals surface area (Å²) in [7, 11) is 5.11. The molecule has 2 N–H and O–H groups in total. The maximum atomic E-state index is 13.4. The van der Waals surface area contributed by atoms with Gasteiger partial charge in [-0.1, -0.05) is 61.4 Å². The summed E-state index contributed by atoms with van der Waals surface area (Å²) in [5, 5.41) is 12.6. The number of nitrogens with zero attached hydrogens (tertiary/aromatic N) is 2. The van der Waals surface area contributed by atoms with E-state index in [-0.39, 0.29) is 19.1 Å². The smallest absolute Gasteiger partial charge is 0.407 e. The minimum absolute atomic E-state index is 0.0902. The lowest BCUT2D eigenvalue weighted by atomic mass is 9.95. The van der Waals surface area contributed by atoms with Crippen molar-refractivity contribution < 1.29 is 24.2 Å². The van der Waals surface area contributed by atoms with Crippen molar-refractivity contribution in [1.82, 2.24) is 15.1 Å². The summed E-state index contributed by atoms with van der Waals surface area (Å²) >= 11 is 0. The summed E-state index contributed by atoms with van der Waals surface area (Å²) in [5.74, 6) is -1.53. The number of hydrogen-bond donors (Lipinski definition) is 2. The minimum atomic E-state index is -1.23. The molecule has 1 atom stereocenters. The van der Waals surface area contributed by atoms with Crippen molar-refractivity contribution in [3.05, 3.63) is 59.7 Å². The van der Waals surface area contributed by atoms with E-state index in [1.807, 2.05) is 36.4 Å². The minimum Gasteiger partial charge on any atom is -0.479 e. The predicted octanol–water partition coefficient (Wildman–Crippen LogP) is 3.31. The molecule has 0 aromatic heterocycles. The standard InChI is InChI=1S/C27H33N3O5/c1-29(2)16-23(24(31)30(3)27(25(32)33)14-8-9-15-27)28-26(34)35-17-22-20-12-6-4-10-18(20)19-11-5-7-13-21(19)22/h4-7,10-13,22-23H,8-9,14-17H2,1-3H3,(H,28,34)(H,32,33)/t23-/m0/s1. The molecule has 0 saturated heterocycles. The Bertz CT molecular complexity index is 1060. The zero-order valence-electron chi connectivity index (χ0n) is 20.5. The van der Waals surface area contributed by atoms with E-state index in [2.05, 4.69) is 17.4 Å². The van der Waals surface area contributed by atoms with Gasteiger partial charge in [0.15, 0.2) is 0 Å². The molecule has 8 nitrogen and oxygen atoms in total. The van der Waals surface area contributed by atoms with Crippen molar-refractivity contribution in [1.29, 1.82) is 0 Å². The Morgan fingerprint density at radius 1 is 1.00 bits per heavy atom. The third-order valence-corrected chi connectivity index (χ3v) is 7.28. The van der Waals surface area contributed by atoms with Crippen molar-refractivity contribution in [3.63, 3.8) is 0 Å². The van der Waals surface area contributed by atoms with E-state index in [0.29, 0.717) is 12.8 Å². The second kappa shape index (κ2) is 10.1. The van der Waals surface area contributed by atoms with Crippen LogP contribution in [0.15, 0.2) is 48.5 Å². The van der Waals surface area contributed by atoms with Crippen LogP contribution in [0.5, 0.6) is 0 Å². The molecule has 0 heterocycles. The van der Waals surface area contributed by atoms with Gasteiger partial charge < -0.3 is 25.0 Å². The molecule has 2 aromatic carbocycles. The van der Waals surface area contributed by atoms with E-state index in [0.717, 1.165) is 35.1 Å². The van der Waals surface area contributed by atoms with Crippen LogP contribution in [0.25, 0.3) is 11.1 Å². The van der Waals surface area contributed by atoms with Crippen molar-refractivity contribution in [2.24, 2.45) is 0 Å². The summed E-state index contributed by atoms with van der Waals surface area (Å²) in [6.45, 7) is 0.362. The number of rotatable bonds is 8. The zero-order valence-corrected chi connectivity index (χ0v) is 20.5. The summed E-state index contributed by atoms with van der Waals surface area (Å²) in [6.07, 6.45) is 1.62. The van der Waals surface area contributed by atoms with Crippen molar-refractivity contribution in [2.75, 3.05) is 34.3 Å². The molecule has 1 fully saturated rings. The fourth-order valence-corrected chi connectivity index (χ4v) is 5.43. The number of hydrogen-bond acceptors (Lipinski definition) is 5. The van der Waals surface area contributed by atoms with E-state index >= 15 is 0 Å². The molecule has 2 amide bonds. The summed E-state index contributed by atoms with van der Waals surface area (Å²) < 4.78 is 5.62. The number of carboxylic acids is 1. The van der Waals surface area contributed by atoms with Crippen LogP contribution in [-0.2, 0) is 14.3 Å². The average molecular weight is 480 g/mol. The van der Waals surface area contributed by atoms with Gasteiger partial charge in [0.2, 0.25) is 5.91 Å². The molecule has 0 radical (unpaired) electrons. The maximum absolute atomic E-state index is 13.4. The molecule has 0 aliphatic heterocycles. The van der Waals surface area contributed by atoms with Crippen LogP contribution in [0.3, 0.4) is 0 Å². The fraction of sp³-hybridized carbons (Fsp3) is 0.444. The summed E-state index contributed by atoms with van der Waals surface area (Å²) in [5.41, 5.74) is 3.24. The first kappa shape index (κ1) is 24.7. The van der Waals surface area contributed by atoms with Crippen LogP contribution in [0.4, 0.5) is 4.79 Å². The van der Waals surface area contributed by atoms with Gasteiger partial charge >= 0.3 is 12.1 Å². The number of fused-ring (bicyclic) bond motifs is 3. The highest BCUT2D eigenvalue weighted by atomic mass is 16.5. The summed E-state index contributed by atoms with van der Waals surface area (Å²) in [6, 6.07) is 15.2. The molecular formula is C27H33N3O5. The van der Waals surface area contributed by atoms with Crippen LogP contribution in [0, 0.1) is 0 Å². The first-order valence-corrected chi connectivity index (χ1v) is 12.0. The number of carboxylic acid groups (broad SMARTS) is 1. The first-order chi connectivity index (χ1) is 16.7. The molecule has 2 aromatic rings. The van der Waals surface area contributed by atoms with Gasteiger partial charge in [-0.3, -0.25) is 4.79 Å². The molecule has 2 aliphatic carbocycles. The Kier molecular flexibility index (Phi) is 7.12. The van der Waals surface area contributed by atoms with E-state index in [9.17, 15) is 19.5 Å². The second-order valence-electron chi connectivity index (χ2n) is 9.73. The topological polar surface area (TPSA) is 99.2 Å². The predicted molar refractivity (Wildman–Crippen MR) is 132 cm³/mol. The van der Waals surface area contributed by atoms with Crippen LogP contribution in [-0.4, -0.2) is 78.8 Å². The first-order valence-electron chi connectivity index (χ1n) is 12.0. The quantitative estimate of drug-likeness (QED) is 0.603. The molecule has 186 valence electrons. The molecule has 0 spiro atoms. The molecule has 8 heteroatoms. The third-order valence-electron chi connectivity index (χ3n) is 7.28. The molecule has 2 aliphatic rings. The highest BCUT2D eigenvalue weighted by molar-refractivity contribution is 5.91. The van der Waals surface area contributed by atoms with Crippen molar-refractivity contribution >= 4 is 18.0 Å². The van der Waals surface area contributed by atoms with Crippen molar-refractivity contribution in [2.45, 2.75) is 43.2 Å². The molecule has 35 heavy (non-hydrogen) atoms. The number of ether oxygens (including phenoxy) is 1. The Morgan fingerprint density at radius 3 is 2.06 bits per heavy atom. The third kappa shape index (κ3) is 4.75. The van der Waals surface area contributed by atoms with Gasteiger partial charge in [0, 0.05) is 19.5 Å². The van der Waals surface area contributed by atoms with Crippen LogP contribution in [0.1, 0.15) is 42.7 Å². The monoisotopic (exact) mass is 479 g/mol. The Morgan fingerprint density at radius 2 is 1.54 bits per heavy atom. The van der Waals surface area contributed by atoms with Gasteiger partial charge in [-0.15, -0.1) is 0 Å². The highest BCUT2D eigenvalue weighted by Gasteiger charge is 2.48. The van der Waals surface area contributed by atoms with Crippen LogP contribution >= 0.6 is 0 Å². The molecule has 1 saturated carbocycles. The normalized spacial score (nSPS) is 16.9. The second-order valence-corrected chi connectivity index (χ2v) is 9.73. The Labute approximate surface area is 205 Å². The van der Waals surface area contributed by atoms with Crippen LogP contribution in [0.2, 0.25) is 0 Å². The Hall–Kier alpha value is -3.39. The largest absolute Gasteiger partial charge is 0.479 e.